The molecule has 0 amide bonds. The van der Waals surface area contributed by atoms with Gasteiger partial charge in [-0.2, -0.15) is 0 Å². The lowest BCUT2D eigenvalue weighted by molar-refractivity contribution is 0.0402. The summed E-state index contributed by atoms with van der Waals surface area (Å²) >= 11 is 0. The molecule has 0 saturated carbocycles. The molecule has 2 rings (SSSR count). The highest BCUT2D eigenvalue weighted by Crippen LogP contribution is 2.35. The maximum absolute atomic E-state index is 13.3. The van der Waals surface area contributed by atoms with Gasteiger partial charge in [0.2, 0.25) is 0 Å². The number of hydrogen-bond donors (Lipinski definition) is 0. The molecule has 1 saturated heterocycles. The Morgan fingerprint density at radius 1 is 1.25 bits per heavy atom. The number of halogens is 1. The first-order chi connectivity index (χ1) is 7.80. The van der Waals surface area contributed by atoms with Crippen molar-refractivity contribution in [3.63, 3.8) is 0 Å². The molecule has 1 aliphatic heterocycles. The largest absolute Gasteiger partial charge is 0.381 e. The van der Waals surface area contributed by atoms with E-state index in [-0.39, 0.29) is 6.67 Å². The second-order valence-electron chi connectivity index (χ2n) is 4.19. The molecule has 0 bridgehead atoms. The van der Waals surface area contributed by atoms with Gasteiger partial charge in [0.05, 0.1) is 13.2 Å². The number of alkyl halides is 1. The van der Waals surface area contributed by atoms with Gasteiger partial charge in [-0.3, -0.25) is 4.39 Å². The van der Waals surface area contributed by atoms with Crippen LogP contribution in [0.5, 0.6) is 0 Å². The average Bonchev–Trinajstić information content (AvgIpc) is 2.39. The quantitative estimate of drug-likeness (QED) is 0.696. The van der Waals surface area contributed by atoms with Gasteiger partial charge in [0.1, 0.15) is 0 Å². The summed E-state index contributed by atoms with van der Waals surface area (Å²) in [6.07, 6.45) is 1.45. The first-order valence-corrected chi connectivity index (χ1v) is 5.42. The zero-order valence-corrected chi connectivity index (χ0v) is 9.08. The van der Waals surface area contributed by atoms with Crippen molar-refractivity contribution in [1.29, 1.82) is 0 Å². The van der Waals surface area contributed by atoms with Crippen molar-refractivity contribution >= 4 is 5.69 Å². The van der Waals surface area contributed by atoms with Gasteiger partial charge in [-0.25, -0.2) is 4.85 Å². The number of benzene rings is 1. The summed E-state index contributed by atoms with van der Waals surface area (Å²) in [5.74, 6) is 0. The molecule has 0 aliphatic carbocycles. The van der Waals surface area contributed by atoms with Crippen LogP contribution in [0, 0.1) is 6.57 Å². The summed E-state index contributed by atoms with van der Waals surface area (Å²) < 4.78 is 18.6. The fourth-order valence-corrected chi connectivity index (χ4v) is 2.15. The summed E-state index contributed by atoms with van der Waals surface area (Å²) in [4.78, 5) is 3.34. The molecule has 84 valence electrons. The Hall–Kier alpha value is -1.40. The highest BCUT2D eigenvalue weighted by atomic mass is 19.1. The third kappa shape index (κ3) is 1.94. The van der Waals surface area contributed by atoms with E-state index < -0.39 is 5.41 Å². The zero-order chi connectivity index (χ0) is 11.4. The van der Waals surface area contributed by atoms with Crippen LogP contribution < -0.4 is 0 Å². The van der Waals surface area contributed by atoms with Crippen LogP contribution in [-0.4, -0.2) is 19.9 Å². The molecule has 1 fully saturated rings. The molecular weight excluding hydrogens is 205 g/mol. The van der Waals surface area contributed by atoms with E-state index in [1.54, 1.807) is 12.1 Å². The van der Waals surface area contributed by atoms with Crippen molar-refractivity contribution in [2.75, 3.05) is 19.9 Å². The third-order valence-electron chi connectivity index (χ3n) is 3.31. The lowest BCUT2D eigenvalue weighted by Gasteiger charge is -2.35. The van der Waals surface area contributed by atoms with E-state index in [4.69, 9.17) is 11.3 Å². The topological polar surface area (TPSA) is 13.6 Å². The van der Waals surface area contributed by atoms with Gasteiger partial charge in [0.25, 0.3) is 0 Å². The summed E-state index contributed by atoms with van der Waals surface area (Å²) in [6.45, 7) is 7.77. The predicted octanol–water partition coefficient (Wildman–Crippen LogP) is 3.26. The van der Waals surface area contributed by atoms with Crippen molar-refractivity contribution in [2.24, 2.45) is 0 Å². The van der Waals surface area contributed by atoms with Crippen molar-refractivity contribution in [2.45, 2.75) is 18.3 Å². The van der Waals surface area contributed by atoms with Crippen molar-refractivity contribution in [1.82, 2.24) is 0 Å². The van der Waals surface area contributed by atoms with Crippen LogP contribution in [0.2, 0.25) is 0 Å². The van der Waals surface area contributed by atoms with Crippen LogP contribution in [-0.2, 0) is 10.2 Å². The maximum atomic E-state index is 13.3. The molecule has 16 heavy (non-hydrogen) atoms. The minimum Gasteiger partial charge on any atom is -0.381 e. The molecular formula is C13H14FNO. The molecule has 0 spiro atoms. The Morgan fingerprint density at radius 2 is 1.88 bits per heavy atom. The number of ether oxygens (including phenoxy) is 1. The Labute approximate surface area is 94.9 Å². The van der Waals surface area contributed by atoms with E-state index in [1.807, 2.05) is 12.1 Å². The first-order valence-electron chi connectivity index (χ1n) is 5.42. The van der Waals surface area contributed by atoms with Gasteiger partial charge >= 0.3 is 0 Å². The van der Waals surface area contributed by atoms with Crippen molar-refractivity contribution < 1.29 is 9.13 Å². The van der Waals surface area contributed by atoms with Gasteiger partial charge in [-0.05, 0) is 18.4 Å². The lowest BCUT2D eigenvalue weighted by Crippen LogP contribution is -2.35. The fourth-order valence-electron chi connectivity index (χ4n) is 2.15. The van der Waals surface area contributed by atoms with E-state index in [0.29, 0.717) is 18.9 Å². The van der Waals surface area contributed by atoms with Gasteiger partial charge in [0, 0.05) is 18.6 Å². The molecule has 2 nitrogen and oxygen atoms in total. The average molecular weight is 219 g/mol. The molecule has 1 aromatic rings. The Kier molecular flexibility index (Phi) is 3.21. The minimum atomic E-state index is -0.390. The predicted molar refractivity (Wildman–Crippen MR) is 60.4 cm³/mol. The normalized spacial score (nSPS) is 19.0. The molecule has 1 heterocycles. The molecule has 0 unspecified atom stereocenters. The van der Waals surface area contributed by atoms with Crippen molar-refractivity contribution in [3.05, 3.63) is 41.2 Å². The highest BCUT2D eigenvalue weighted by molar-refractivity contribution is 5.46. The molecule has 0 N–H and O–H groups in total. The van der Waals surface area contributed by atoms with E-state index >= 15 is 0 Å². The van der Waals surface area contributed by atoms with Crippen LogP contribution in [0.3, 0.4) is 0 Å². The van der Waals surface area contributed by atoms with Gasteiger partial charge in [-0.1, -0.05) is 24.3 Å². The van der Waals surface area contributed by atoms with Gasteiger partial charge in [-0.15, -0.1) is 0 Å². The standard InChI is InChI=1S/C13H14FNO/c1-15-12-4-2-11(3-5-12)13(10-14)6-8-16-9-7-13/h2-5H,6-10H2. The maximum Gasteiger partial charge on any atom is 0.187 e. The summed E-state index contributed by atoms with van der Waals surface area (Å²) in [7, 11) is 0. The van der Waals surface area contributed by atoms with E-state index in [2.05, 4.69) is 4.85 Å². The number of nitrogens with zero attached hydrogens (tertiary/aromatic N) is 1. The SMILES string of the molecule is [C-]#[N+]c1ccc(C2(CF)CCOCC2)cc1. The Balaban J connectivity index is 2.29. The van der Waals surface area contributed by atoms with E-state index in [9.17, 15) is 4.39 Å². The zero-order valence-electron chi connectivity index (χ0n) is 9.08. The monoisotopic (exact) mass is 219 g/mol. The van der Waals surface area contributed by atoms with Gasteiger partial charge in [0.15, 0.2) is 5.69 Å². The summed E-state index contributed by atoms with van der Waals surface area (Å²) in [5.41, 5.74) is 1.20. The highest BCUT2D eigenvalue weighted by Gasteiger charge is 2.34. The third-order valence-corrected chi connectivity index (χ3v) is 3.31. The van der Waals surface area contributed by atoms with E-state index in [1.165, 1.54) is 0 Å². The molecule has 1 aliphatic rings. The fraction of sp³-hybridized carbons (Fsp3) is 0.462. The summed E-state index contributed by atoms with van der Waals surface area (Å²) in [6, 6.07) is 7.26. The second-order valence-corrected chi connectivity index (χ2v) is 4.19. The molecule has 0 radical (unpaired) electrons. The van der Waals surface area contributed by atoms with Crippen LogP contribution in [0.1, 0.15) is 18.4 Å². The summed E-state index contributed by atoms with van der Waals surface area (Å²) in [5, 5.41) is 0. The number of rotatable bonds is 2. The van der Waals surface area contributed by atoms with Gasteiger partial charge < -0.3 is 4.74 Å². The molecule has 1 aromatic carbocycles. The Bertz CT molecular complexity index is 387. The first kappa shape index (κ1) is 11.1. The number of hydrogen-bond acceptors (Lipinski definition) is 1. The minimum absolute atomic E-state index is 0.353. The lowest BCUT2D eigenvalue weighted by atomic mass is 9.75. The van der Waals surface area contributed by atoms with Crippen molar-refractivity contribution in [3.8, 4) is 0 Å². The molecule has 3 heteroatoms. The van der Waals surface area contributed by atoms with Crippen LogP contribution in [0.15, 0.2) is 24.3 Å². The molecule has 0 atom stereocenters. The van der Waals surface area contributed by atoms with Crippen LogP contribution >= 0.6 is 0 Å². The smallest absolute Gasteiger partial charge is 0.187 e. The van der Waals surface area contributed by atoms with Crippen LogP contribution in [0.4, 0.5) is 10.1 Å². The second kappa shape index (κ2) is 4.63. The van der Waals surface area contributed by atoms with Crippen LogP contribution in [0.25, 0.3) is 4.85 Å². The molecule has 0 aromatic heterocycles. The van der Waals surface area contributed by atoms with E-state index in [0.717, 1.165) is 18.4 Å². The Morgan fingerprint density at radius 3 is 2.38 bits per heavy atom.